The van der Waals surface area contributed by atoms with Crippen molar-refractivity contribution in [2.45, 2.75) is 19.6 Å². The highest BCUT2D eigenvalue weighted by Crippen LogP contribution is 2.32. The molecule has 0 spiro atoms. The van der Waals surface area contributed by atoms with Crippen LogP contribution in [0.1, 0.15) is 27.4 Å². The lowest BCUT2D eigenvalue weighted by atomic mass is 10.2. The van der Waals surface area contributed by atoms with Crippen molar-refractivity contribution in [2.24, 2.45) is 0 Å². The van der Waals surface area contributed by atoms with Crippen LogP contribution in [-0.2, 0) is 19.6 Å². The Balaban J connectivity index is 1.20. The lowest BCUT2D eigenvalue weighted by Crippen LogP contribution is -2.37. The second kappa shape index (κ2) is 11.5. The number of anilines is 1. The van der Waals surface area contributed by atoms with Gasteiger partial charge in [-0.3, -0.25) is 4.79 Å². The van der Waals surface area contributed by atoms with E-state index in [0.717, 1.165) is 34.2 Å². The molecule has 4 aromatic rings. The summed E-state index contributed by atoms with van der Waals surface area (Å²) < 4.78 is 18.8. The Kier molecular flexibility index (Phi) is 7.31. The summed E-state index contributed by atoms with van der Waals surface area (Å²) in [5, 5.41) is 6.87. The number of para-hydroxylation sites is 1. The molecule has 1 amide bonds. The Labute approximate surface area is 227 Å². The molecule has 200 valence electrons. The maximum Gasteiger partial charge on any atom is 0.274 e. The number of imidazole rings is 1. The molecule has 9 heteroatoms. The zero-order chi connectivity index (χ0) is 26.4. The number of fused-ring (bicyclic) bond motifs is 2. The quantitative estimate of drug-likeness (QED) is 0.325. The van der Waals surface area contributed by atoms with Gasteiger partial charge in [-0.2, -0.15) is 0 Å². The maximum absolute atomic E-state index is 13.8. The van der Waals surface area contributed by atoms with Crippen LogP contribution in [0.2, 0.25) is 0 Å². The first-order valence-electron chi connectivity index (χ1n) is 13.2. The van der Waals surface area contributed by atoms with Gasteiger partial charge in [-0.1, -0.05) is 54.6 Å². The van der Waals surface area contributed by atoms with E-state index in [1.165, 1.54) is 0 Å². The Morgan fingerprint density at radius 1 is 0.923 bits per heavy atom. The Morgan fingerprint density at radius 2 is 1.72 bits per heavy atom. The van der Waals surface area contributed by atoms with E-state index in [0.29, 0.717) is 57.4 Å². The molecule has 2 aliphatic heterocycles. The fourth-order valence-corrected chi connectivity index (χ4v) is 4.84. The zero-order valence-corrected chi connectivity index (χ0v) is 21.6. The number of aromatic nitrogens is 2. The van der Waals surface area contributed by atoms with Gasteiger partial charge in [0.05, 0.1) is 13.1 Å². The van der Waals surface area contributed by atoms with E-state index in [1.54, 1.807) is 0 Å². The minimum Gasteiger partial charge on any atom is -0.492 e. The molecule has 0 radical (unpaired) electrons. The van der Waals surface area contributed by atoms with Gasteiger partial charge in [0, 0.05) is 26.2 Å². The van der Waals surface area contributed by atoms with Gasteiger partial charge in [-0.25, -0.2) is 4.98 Å². The fraction of sp³-hybridized carbons (Fsp3) is 0.267. The van der Waals surface area contributed by atoms with Crippen molar-refractivity contribution in [3.8, 4) is 17.2 Å². The van der Waals surface area contributed by atoms with Gasteiger partial charge in [0.2, 0.25) is 6.79 Å². The first-order valence-corrected chi connectivity index (χ1v) is 13.2. The number of amides is 1. The minimum absolute atomic E-state index is 0.0443. The predicted octanol–water partition coefficient (Wildman–Crippen LogP) is 3.90. The van der Waals surface area contributed by atoms with Gasteiger partial charge in [0.15, 0.2) is 23.0 Å². The van der Waals surface area contributed by atoms with Crippen molar-refractivity contribution in [1.82, 2.24) is 19.8 Å². The summed E-state index contributed by atoms with van der Waals surface area (Å²) in [6, 6.07) is 25.7. The second-order valence-corrected chi connectivity index (χ2v) is 9.47. The zero-order valence-electron chi connectivity index (χ0n) is 21.6. The van der Waals surface area contributed by atoms with Crippen LogP contribution in [0.4, 0.5) is 5.82 Å². The number of hydrogen-bond donors (Lipinski definition) is 2. The van der Waals surface area contributed by atoms with Crippen LogP contribution in [0.15, 0.2) is 78.9 Å². The number of hydrogen-bond acceptors (Lipinski definition) is 7. The molecule has 3 aromatic carbocycles. The van der Waals surface area contributed by atoms with Crippen molar-refractivity contribution >= 4 is 11.7 Å². The summed E-state index contributed by atoms with van der Waals surface area (Å²) in [6.45, 7) is 4.04. The highest BCUT2D eigenvalue weighted by atomic mass is 16.7. The SMILES string of the molecule is O=C1c2c(nc(CNCc3ccc4c(c3)OCO4)n2Cc2ccccc2)NCCN1CCOc1ccccc1. The molecule has 0 unspecified atom stereocenters. The Bertz CT molecular complexity index is 1420. The molecule has 1 aromatic heterocycles. The van der Waals surface area contributed by atoms with Crippen LogP contribution >= 0.6 is 0 Å². The summed E-state index contributed by atoms with van der Waals surface area (Å²) in [7, 11) is 0. The van der Waals surface area contributed by atoms with Gasteiger partial charge in [-0.05, 0) is 35.4 Å². The molecular formula is C30H31N5O4. The van der Waals surface area contributed by atoms with Gasteiger partial charge < -0.3 is 34.3 Å². The van der Waals surface area contributed by atoms with Crippen LogP contribution in [0.25, 0.3) is 0 Å². The van der Waals surface area contributed by atoms with Crippen molar-refractivity contribution in [3.63, 3.8) is 0 Å². The van der Waals surface area contributed by atoms with E-state index in [2.05, 4.69) is 22.8 Å². The third-order valence-electron chi connectivity index (χ3n) is 6.82. The Hall–Kier alpha value is -4.50. The molecule has 6 rings (SSSR count). The van der Waals surface area contributed by atoms with Crippen molar-refractivity contribution in [1.29, 1.82) is 0 Å². The first kappa shape index (κ1) is 24.8. The molecule has 3 heterocycles. The fourth-order valence-electron chi connectivity index (χ4n) is 4.84. The monoisotopic (exact) mass is 525 g/mol. The molecule has 0 fully saturated rings. The van der Waals surface area contributed by atoms with Crippen molar-refractivity contribution in [3.05, 3.63) is 102 Å². The normalized spacial score (nSPS) is 14.1. The summed E-state index contributed by atoms with van der Waals surface area (Å²) >= 11 is 0. The summed E-state index contributed by atoms with van der Waals surface area (Å²) in [5.41, 5.74) is 2.77. The van der Waals surface area contributed by atoms with E-state index in [9.17, 15) is 4.79 Å². The number of carbonyl (C=O) groups is 1. The van der Waals surface area contributed by atoms with Crippen LogP contribution in [-0.4, -0.2) is 53.4 Å². The standard InChI is InChI=1S/C30H31N5O4/c36-30-28-29(32-13-14-34(30)15-16-37-24-9-5-2-6-10-24)33-27(35(28)20-22-7-3-1-4-8-22)19-31-18-23-11-12-25-26(17-23)39-21-38-25/h1-12,17,31-32H,13-16,18-21H2. The van der Waals surface area contributed by atoms with Crippen LogP contribution < -0.4 is 24.8 Å². The average Bonchev–Trinajstić information content (AvgIpc) is 3.53. The smallest absolute Gasteiger partial charge is 0.274 e. The number of rotatable bonds is 10. The van der Waals surface area contributed by atoms with Crippen LogP contribution in [0.3, 0.4) is 0 Å². The minimum atomic E-state index is -0.0443. The topological polar surface area (TPSA) is 89.9 Å². The average molecular weight is 526 g/mol. The summed E-state index contributed by atoms with van der Waals surface area (Å²) in [4.78, 5) is 20.5. The predicted molar refractivity (Wildman–Crippen MR) is 147 cm³/mol. The van der Waals surface area contributed by atoms with Gasteiger partial charge in [0.25, 0.3) is 5.91 Å². The highest BCUT2D eigenvalue weighted by Gasteiger charge is 2.29. The van der Waals surface area contributed by atoms with E-state index in [4.69, 9.17) is 19.2 Å². The molecular weight excluding hydrogens is 494 g/mol. The molecule has 0 bridgehead atoms. The third-order valence-corrected chi connectivity index (χ3v) is 6.82. The molecule has 0 aliphatic carbocycles. The lowest BCUT2D eigenvalue weighted by Gasteiger charge is -2.22. The molecule has 39 heavy (non-hydrogen) atoms. The molecule has 0 saturated carbocycles. The van der Waals surface area contributed by atoms with Gasteiger partial charge in [-0.15, -0.1) is 0 Å². The highest BCUT2D eigenvalue weighted by molar-refractivity contribution is 5.98. The number of nitrogens with one attached hydrogen (secondary N) is 2. The summed E-state index contributed by atoms with van der Waals surface area (Å²) in [6.07, 6.45) is 0. The van der Waals surface area contributed by atoms with Crippen LogP contribution in [0.5, 0.6) is 17.2 Å². The number of ether oxygens (including phenoxy) is 3. The van der Waals surface area contributed by atoms with Gasteiger partial charge >= 0.3 is 0 Å². The number of nitrogens with zero attached hydrogens (tertiary/aromatic N) is 3. The molecule has 0 saturated heterocycles. The van der Waals surface area contributed by atoms with Crippen molar-refractivity contribution in [2.75, 3.05) is 38.4 Å². The van der Waals surface area contributed by atoms with Crippen molar-refractivity contribution < 1.29 is 19.0 Å². The number of carbonyl (C=O) groups excluding carboxylic acids is 1. The molecule has 2 N–H and O–H groups in total. The Morgan fingerprint density at radius 3 is 2.56 bits per heavy atom. The molecule has 2 aliphatic rings. The van der Waals surface area contributed by atoms with E-state index >= 15 is 0 Å². The lowest BCUT2D eigenvalue weighted by molar-refractivity contribution is 0.0732. The first-order chi connectivity index (χ1) is 19.2. The summed E-state index contributed by atoms with van der Waals surface area (Å²) in [5.74, 6) is 3.71. The molecule has 9 nitrogen and oxygen atoms in total. The van der Waals surface area contributed by atoms with Crippen LogP contribution in [0, 0.1) is 0 Å². The van der Waals surface area contributed by atoms with E-state index in [-0.39, 0.29) is 12.7 Å². The molecule has 0 atom stereocenters. The largest absolute Gasteiger partial charge is 0.492 e. The maximum atomic E-state index is 13.8. The number of benzene rings is 3. The van der Waals surface area contributed by atoms with Gasteiger partial charge in [0.1, 0.15) is 18.2 Å². The third kappa shape index (κ3) is 5.68. The van der Waals surface area contributed by atoms with E-state index < -0.39 is 0 Å². The second-order valence-electron chi connectivity index (χ2n) is 9.47. The van der Waals surface area contributed by atoms with E-state index in [1.807, 2.05) is 76.2 Å².